The zero-order chi connectivity index (χ0) is 14.4. The number of benzene rings is 1. The molecule has 0 saturated carbocycles. The Morgan fingerprint density at radius 1 is 1.29 bits per heavy atom. The molecule has 0 fully saturated rings. The standard InChI is InChI=1S/C15H16O5.Li/c16-14(7-8-15(17)18)11-3-5-12(6-4-11)20-10-13-2-1-9-19-13;/h1-6,9,14,16H,7-8,10H2,(H,17,18);/q;+1/p-1. The molecule has 0 aliphatic heterocycles. The molecule has 106 valence electrons. The zero-order valence-electron chi connectivity index (χ0n) is 11.8. The zero-order valence-corrected chi connectivity index (χ0v) is 11.8. The first kappa shape index (κ1) is 17.4. The largest absolute Gasteiger partial charge is 1.00 e. The van der Waals surface area contributed by atoms with Crippen molar-refractivity contribution in [2.75, 3.05) is 0 Å². The third-order valence-electron chi connectivity index (χ3n) is 2.85. The summed E-state index contributed by atoms with van der Waals surface area (Å²) in [4.78, 5) is 10.3. The number of hydrogen-bond acceptors (Lipinski definition) is 5. The molecule has 1 atom stereocenters. The van der Waals surface area contributed by atoms with E-state index in [9.17, 15) is 15.0 Å². The number of aliphatic hydroxyl groups is 1. The number of carboxylic acids is 1. The molecule has 5 nitrogen and oxygen atoms in total. The van der Waals surface area contributed by atoms with E-state index in [0.29, 0.717) is 17.9 Å². The van der Waals surface area contributed by atoms with Crippen molar-refractivity contribution in [2.45, 2.75) is 25.6 Å². The first-order valence-electron chi connectivity index (χ1n) is 6.28. The topological polar surface area (TPSA) is 82.7 Å². The van der Waals surface area contributed by atoms with Gasteiger partial charge in [-0.3, -0.25) is 0 Å². The fourth-order valence-corrected chi connectivity index (χ4v) is 1.76. The smallest absolute Gasteiger partial charge is 0.550 e. The van der Waals surface area contributed by atoms with Crippen LogP contribution in [-0.2, 0) is 11.4 Å². The van der Waals surface area contributed by atoms with Gasteiger partial charge in [-0.2, -0.15) is 0 Å². The van der Waals surface area contributed by atoms with Gasteiger partial charge < -0.3 is 24.2 Å². The number of carbonyl (C=O) groups excluding carboxylic acids is 1. The monoisotopic (exact) mass is 282 g/mol. The molecule has 1 N–H and O–H groups in total. The average Bonchev–Trinajstić information content (AvgIpc) is 2.96. The second-order valence-corrected chi connectivity index (χ2v) is 4.36. The van der Waals surface area contributed by atoms with Crippen molar-refractivity contribution < 1.29 is 43.0 Å². The van der Waals surface area contributed by atoms with Crippen LogP contribution in [0.2, 0.25) is 0 Å². The van der Waals surface area contributed by atoms with E-state index in [1.807, 2.05) is 6.07 Å². The maximum Gasteiger partial charge on any atom is 1.00 e. The summed E-state index contributed by atoms with van der Waals surface area (Å²) in [7, 11) is 0. The predicted molar refractivity (Wildman–Crippen MR) is 68.7 cm³/mol. The molecule has 1 aromatic heterocycles. The molecular weight excluding hydrogens is 267 g/mol. The number of ether oxygens (including phenoxy) is 1. The van der Waals surface area contributed by atoms with Crippen LogP contribution in [-0.4, -0.2) is 11.1 Å². The Hall–Kier alpha value is -1.67. The summed E-state index contributed by atoms with van der Waals surface area (Å²) in [5, 5.41) is 20.1. The quantitative estimate of drug-likeness (QED) is 0.620. The van der Waals surface area contributed by atoms with Crippen molar-refractivity contribution in [2.24, 2.45) is 0 Å². The van der Waals surface area contributed by atoms with Crippen LogP contribution in [0.3, 0.4) is 0 Å². The van der Waals surface area contributed by atoms with E-state index in [2.05, 4.69) is 0 Å². The minimum absolute atomic E-state index is 0. The van der Waals surface area contributed by atoms with Crippen molar-refractivity contribution in [3.05, 3.63) is 54.0 Å². The van der Waals surface area contributed by atoms with Crippen LogP contribution in [0.4, 0.5) is 0 Å². The van der Waals surface area contributed by atoms with Crippen LogP contribution in [0, 0.1) is 0 Å². The Kier molecular flexibility index (Phi) is 7.10. The summed E-state index contributed by atoms with van der Waals surface area (Å²) in [6, 6.07) is 10.5. The average molecular weight is 282 g/mol. The number of rotatable bonds is 7. The van der Waals surface area contributed by atoms with Gasteiger partial charge in [0.15, 0.2) is 0 Å². The number of carboxylic acid groups (broad SMARTS) is 1. The van der Waals surface area contributed by atoms with Gasteiger partial charge in [-0.25, -0.2) is 0 Å². The molecule has 6 heteroatoms. The number of carbonyl (C=O) groups is 1. The van der Waals surface area contributed by atoms with Crippen LogP contribution in [0.5, 0.6) is 5.75 Å². The van der Waals surface area contributed by atoms with Gasteiger partial charge in [-0.15, -0.1) is 0 Å². The fourth-order valence-electron chi connectivity index (χ4n) is 1.76. The van der Waals surface area contributed by atoms with Crippen molar-refractivity contribution >= 4 is 5.97 Å². The molecule has 2 aromatic rings. The van der Waals surface area contributed by atoms with Crippen LogP contribution in [0.15, 0.2) is 47.1 Å². The SMILES string of the molecule is O=C([O-])CCC(O)c1ccc(OCc2ccco2)cc1.[Li+]. The second kappa shape index (κ2) is 8.58. The second-order valence-electron chi connectivity index (χ2n) is 4.36. The van der Waals surface area contributed by atoms with E-state index in [0.717, 1.165) is 5.76 Å². The molecule has 0 amide bonds. The molecule has 0 bridgehead atoms. The van der Waals surface area contributed by atoms with Gasteiger partial charge in [0.2, 0.25) is 0 Å². The van der Waals surface area contributed by atoms with E-state index >= 15 is 0 Å². The Morgan fingerprint density at radius 2 is 2.00 bits per heavy atom. The van der Waals surface area contributed by atoms with Gasteiger partial charge in [-0.1, -0.05) is 12.1 Å². The third kappa shape index (κ3) is 5.68. The first-order chi connectivity index (χ1) is 9.65. The molecular formula is C15H15LiO5. The van der Waals surface area contributed by atoms with Crippen LogP contribution in [0.1, 0.15) is 30.3 Å². The van der Waals surface area contributed by atoms with Gasteiger partial charge >= 0.3 is 18.9 Å². The van der Waals surface area contributed by atoms with Crippen molar-refractivity contribution in [3.8, 4) is 5.75 Å². The summed E-state index contributed by atoms with van der Waals surface area (Å²) < 4.78 is 10.6. The maximum atomic E-state index is 10.3. The van der Waals surface area contributed by atoms with Gasteiger partial charge in [0.25, 0.3) is 0 Å². The van der Waals surface area contributed by atoms with Crippen molar-refractivity contribution in [1.29, 1.82) is 0 Å². The molecule has 1 unspecified atom stereocenters. The number of hydrogen-bond donors (Lipinski definition) is 1. The van der Waals surface area contributed by atoms with Crippen molar-refractivity contribution in [1.82, 2.24) is 0 Å². The minimum atomic E-state index is -1.16. The summed E-state index contributed by atoms with van der Waals surface area (Å²) in [6.45, 7) is 0.333. The molecule has 0 aliphatic rings. The summed E-state index contributed by atoms with van der Waals surface area (Å²) >= 11 is 0. The van der Waals surface area contributed by atoms with Gasteiger partial charge in [0.1, 0.15) is 18.1 Å². The van der Waals surface area contributed by atoms with E-state index in [-0.39, 0.29) is 31.7 Å². The van der Waals surface area contributed by atoms with E-state index in [1.165, 1.54) is 0 Å². The molecule has 0 aliphatic carbocycles. The van der Waals surface area contributed by atoms with E-state index < -0.39 is 12.1 Å². The van der Waals surface area contributed by atoms with E-state index in [4.69, 9.17) is 9.15 Å². The molecule has 0 spiro atoms. The van der Waals surface area contributed by atoms with Crippen LogP contribution < -0.4 is 28.7 Å². The Balaban J connectivity index is 0.00000220. The van der Waals surface area contributed by atoms with Gasteiger partial charge in [-0.05, 0) is 42.7 Å². The molecule has 1 aromatic carbocycles. The Labute approximate surface area is 134 Å². The Bertz CT molecular complexity index is 536. The summed E-state index contributed by atoms with van der Waals surface area (Å²) in [5.41, 5.74) is 0.650. The third-order valence-corrected chi connectivity index (χ3v) is 2.85. The maximum absolute atomic E-state index is 10.3. The van der Waals surface area contributed by atoms with Crippen molar-refractivity contribution in [3.63, 3.8) is 0 Å². The predicted octanol–water partition coefficient (Wildman–Crippen LogP) is -1.57. The van der Waals surface area contributed by atoms with Crippen LogP contribution >= 0.6 is 0 Å². The minimum Gasteiger partial charge on any atom is -0.550 e. The normalized spacial score (nSPS) is 11.5. The van der Waals surface area contributed by atoms with E-state index in [1.54, 1.807) is 36.6 Å². The van der Waals surface area contributed by atoms with Gasteiger partial charge in [0.05, 0.1) is 12.4 Å². The molecule has 1 heterocycles. The first-order valence-corrected chi connectivity index (χ1v) is 6.28. The summed E-state index contributed by atoms with van der Waals surface area (Å²) in [5.74, 6) is 0.211. The van der Waals surface area contributed by atoms with Crippen LogP contribution in [0.25, 0.3) is 0 Å². The number of furan rings is 1. The fraction of sp³-hybridized carbons (Fsp3) is 0.267. The number of aliphatic carboxylic acids is 1. The Morgan fingerprint density at radius 3 is 2.57 bits per heavy atom. The summed E-state index contributed by atoms with van der Waals surface area (Å²) in [6.07, 6.45) is 0.731. The molecule has 0 radical (unpaired) electrons. The molecule has 2 rings (SSSR count). The van der Waals surface area contributed by atoms with Gasteiger partial charge in [0, 0.05) is 5.97 Å². The number of aliphatic hydroxyl groups excluding tert-OH is 1. The molecule has 0 saturated heterocycles. The molecule has 21 heavy (non-hydrogen) atoms.